The van der Waals surface area contributed by atoms with Crippen LogP contribution >= 0.6 is 0 Å². The van der Waals surface area contributed by atoms with Gasteiger partial charge in [0, 0.05) is 5.56 Å². The highest BCUT2D eigenvalue weighted by atomic mass is 16.5. The lowest BCUT2D eigenvalue weighted by atomic mass is 9.98. The van der Waals surface area contributed by atoms with E-state index < -0.39 is 0 Å². The van der Waals surface area contributed by atoms with Crippen LogP contribution in [0, 0.1) is 0 Å². The number of carbonyl (C=O) groups excluding carboxylic acids is 1. The molecule has 0 radical (unpaired) electrons. The first-order chi connectivity index (χ1) is 14.2. The van der Waals surface area contributed by atoms with Crippen LogP contribution in [-0.2, 0) is 0 Å². The smallest absolute Gasteiger partial charge is 0.252 e. The summed E-state index contributed by atoms with van der Waals surface area (Å²) < 4.78 is 16.1. The third-order valence-electron chi connectivity index (χ3n) is 4.58. The second-order valence-electron chi connectivity index (χ2n) is 6.39. The minimum Gasteiger partial charge on any atom is -0.494 e. The third kappa shape index (κ3) is 4.88. The molecule has 0 aromatic heterocycles. The summed E-state index contributed by atoms with van der Waals surface area (Å²) in [5.41, 5.74) is 2.45. The Morgan fingerprint density at radius 1 is 0.862 bits per heavy atom. The topological polar surface area (TPSA) is 56.8 Å². The Labute approximate surface area is 171 Å². The van der Waals surface area contributed by atoms with E-state index in [1.54, 1.807) is 32.4 Å². The van der Waals surface area contributed by atoms with E-state index in [0.717, 1.165) is 16.9 Å². The van der Waals surface area contributed by atoms with Crippen molar-refractivity contribution < 1.29 is 19.0 Å². The summed E-state index contributed by atoms with van der Waals surface area (Å²) in [7, 11) is 3.11. The van der Waals surface area contributed by atoms with Crippen LogP contribution in [0.3, 0.4) is 0 Å². The Kier molecular flexibility index (Phi) is 6.74. The molecule has 0 saturated carbocycles. The van der Waals surface area contributed by atoms with Crippen LogP contribution < -0.4 is 19.5 Å². The van der Waals surface area contributed by atoms with Gasteiger partial charge >= 0.3 is 0 Å². The fourth-order valence-electron chi connectivity index (χ4n) is 3.12. The SMILES string of the molecule is CCOc1ccc(C(NC(=O)c2ccc(OC)c(OC)c2)c2ccccc2)cc1. The fourth-order valence-corrected chi connectivity index (χ4v) is 3.12. The first kappa shape index (κ1) is 20.3. The molecule has 5 nitrogen and oxygen atoms in total. The van der Waals surface area contributed by atoms with E-state index in [9.17, 15) is 4.79 Å². The van der Waals surface area contributed by atoms with E-state index in [0.29, 0.717) is 23.7 Å². The summed E-state index contributed by atoms with van der Waals surface area (Å²) in [6, 6.07) is 22.4. The van der Waals surface area contributed by atoms with Crippen molar-refractivity contribution in [2.45, 2.75) is 13.0 Å². The Hall–Kier alpha value is -3.47. The van der Waals surface area contributed by atoms with Gasteiger partial charge in [-0.15, -0.1) is 0 Å². The van der Waals surface area contributed by atoms with Crippen molar-refractivity contribution in [1.82, 2.24) is 5.32 Å². The monoisotopic (exact) mass is 391 g/mol. The first-order valence-corrected chi connectivity index (χ1v) is 9.46. The van der Waals surface area contributed by atoms with Crippen molar-refractivity contribution in [1.29, 1.82) is 0 Å². The number of amides is 1. The second-order valence-corrected chi connectivity index (χ2v) is 6.39. The zero-order chi connectivity index (χ0) is 20.6. The quantitative estimate of drug-likeness (QED) is 0.609. The summed E-state index contributed by atoms with van der Waals surface area (Å²) in [6.45, 7) is 2.56. The average molecular weight is 391 g/mol. The van der Waals surface area contributed by atoms with Crippen molar-refractivity contribution in [3.63, 3.8) is 0 Å². The van der Waals surface area contributed by atoms with Gasteiger partial charge in [0.1, 0.15) is 5.75 Å². The van der Waals surface area contributed by atoms with Gasteiger partial charge in [-0.1, -0.05) is 42.5 Å². The van der Waals surface area contributed by atoms with E-state index >= 15 is 0 Å². The van der Waals surface area contributed by atoms with Gasteiger partial charge in [0.05, 0.1) is 26.9 Å². The lowest BCUT2D eigenvalue weighted by Crippen LogP contribution is -2.29. The predicted octanol–water partition coefficient (Wildman–Crippen LogP) is 4.62. The zero-order valence-corrected chi connectivity index (χ0v) is 16.8. The van der Waals surface area contributed by atoms with Crippen LogP contribution in [0.2, 0.25) is 0 Å². The van der Waals surface area contributed by atoms with Crippen LogP contribution in [0.5, 0.6) is 17.2 Å². The molecule has 1 unspecified atom stereocenters. The van der Waals surface area contributed by atoms with Crippen molar-refractivity contribution in [2.75, 3.05) is 20.8 Å². The molecule has 150 valence electrons. The number of hydrogen-bond acceptors (Lipinski definition) is 4. The van der Waals surface area contributed by atoms with E-state index in [4.69, 9.17) is 14.2 Å². The number of carbonyl (C=O) groups is 1. The van der Waals surface area contributed by atoms with E-state index in [1.165, 1.54) is 0 Å². The predicted molar refractivity (Wildman–Crippen MR) is 113 cm³/mol. The Morgan fingerprint density at radius 3 is 2.14 bits per heavy atom. The van der Waals surface area contributed by atoms with Crippen molar-refractivity contribution in [3.8, 4) is 17.2 Å². The maximum absolute atomic E-state index is 13.0. The molecule has 29 heavy (non-hydrogen) atoms. The van der Waals surface area contributed by atoms with Crippen LogP contribution in [-0.4, -0.2) is 26.7 Å². The molecule has 0 bridgehead atoms. The van der Waals surface area contributed by atoms with E-state index in [2.05, 4.69) is 5.32 Å². The summed E-state index contributed by atoms with van der Waals surface area (Å²) in [6.07, 6.45) is 0. The van der Waals surface area contributed by atoms with E-state index in [-0.39, 0.29) is 11.9 Å². The maximum Gasteiger partial charge on any atom is 0.252 e. The number of benzene rings is 3. The first-order valence-electron chi connectivity index (χ1n) is 9.46. The van der Waals surface area contributed by atoms with Crippen LogP contribution in [0.25, 0.3) is 0 Å². The van der Waals surface area contributed by atoms with Gasteiger partial charge in [0.2, 0.25) is 0 Å². The number of rotatable bonds is 8. The van der Waals surface area contributed by atoms with Crippen LogP contribution in [0.1, 0.15) is 34.5 Å². The minimum absolute atomic E-state index is 0.200. The molecule has 1 amide bonds. The van der Waals surface area contributed by atoms with Gasteiger partial charge in [-0.3, -0.25) is 4.79 Å². The molecule has 0 aliphatic rings. The molecule has 0 fully saturated rings. The minimum atomic E-state index is -0.299. The molecule has 1 atom stereocenters. The zero-order valence-electron chi connectivity index (χ0n) is 16.8. The lowest BCUT2D eigenvalue weighted by Gasteiger charge is -2.21. The molecule has 3 aromatic carbocycles. The standard InChI is InChI=1S/C24H25NO4/c1-4-29-20-13-10-18(11-14-20)23(17-8-6-5-7-9-17)25-24(26)19-12-15-21(27-2)22(16-19)28-3/h5-16,23H,4H2,1-3H3,(H,25,26). The Morgan fingerprint density at radius 2 is 1.52 bits per heavy atom. The van der Waals surface area contributed by atoms with Crippen molar-refractivity contribution >= 4 is 5.91 Å². The molecule has 0 heterocycles. The number of methoxy groups -OCH3 is 2. The molecule has 1 N–H and O–H groups in total. The summed E-state index contributed by atoms with van der Waals surface area (Å²) in [5.74, 6) is 1.69. The number of nitrogens with one attached hydrogen (secondary N) is 1. The average Bonchev–Trinajstić information content (AvgIpc) is 2.78. The van der Waals surface area contributed by atoms with Gasteiger partial charge in [0.15, 0.2) is 11.5 Å². The lowest BCUT2D eigenvalue weighted by molar-refractivity contribution is 0.0942. The normalized spacial score (nSPS) is 11.4. The molecule has 0 spiro atoms. The largest absolute Gasteiger partial charge is 0.494 e. The highest BCUT2D eigenvalue weighted by Gasteiger charge is 2.19. The molecule has 3 rings (SSSR count). The molecule has 5 heteroatoms. The number of hydrogen-bond donors (Lipinski definition) is 1. The Bertz CT molecular complexity index is 939. The summed E-state index contributed by atoms with van der Waals surface area (Å²) in [4.78, 5) is 13.0. The van der Waals surface area contributed by atoms with Gasteiger partial charge in [-0.25, -0.2) is 0 Å². The molecule has 0 aliphatic heterocycles. The number of ether oxygens (including phenoxy) is 3. The van der Waals surface area contributed by atoms with Crippen LogP contribution in [0.15, 0.2) is 72.8 Å². The molecule has 0 aliphatic carbocycles. The van der Waals surface area contributed by atoms with Crippen molar-refractivity contribution in [2.24, 2.45) is 0 Å². The summed E-state index contributed by atoms with van der Waals surface area (Å²) >= 11 is 0. The van der Waals surface area contributed by atoms with Crippen molar-refractivity contribution in [3.05, 3.63) is 89.5 Å². The third-order valence-corrected chi connectivity index (χ3v) is 4.58. The fraction of sp³-hybridized carbons (Fsp3) is 0.208. The van der Waals surface area contributed by atoms with Gasteiger partial charge < -0.3 is 19.5 Å². The van der Waals surface area contributed by atoms with Gasteiger partial charge in [-0.05, 0) is 48.4 Å². The van der Waals surface area contributed by atoms with Gasteiger partial charge in [-0.2, -0.15) is 0 Å². The molecular formula is C24H25NO4. The Balaban J connectivity index is 1.90. The molecular weight excluding hydrogens is 366 g/mol. The maximum atomic E-state index is 13.0. The van der Waals surface area contributed by atoms with E-state index in [1.807, 2.05) is 61.5 Å². The molecule has 0 saturated heterocycles. The second kappa shape index (κ2) is 9.64. The molecule has 3 aromatic rings. The highest BCUT2D eigenvalue weighted by Crippen LogP contribution is 2.29. The summed E-state index contributed by atoms with van der Waals surface area (Å²) in [5, 5.41) is 3.13. The highest BCUT2D eigenvalue weighted by molar-refractivity contribution is 5.95. The van der Waals surface area contributed by atoms with Crippen LogP contribution in [0.4, 0.5) is 0 Å². The van der Waals surface area contributed by atoms with Gasteiger partial charge in [0.25, 0.3) is 5.91 Å².